The second kappa shape index (κ2) is 31.5. The normalized spacial score (nSPS) is 52.1. The van der Waals surface area contributed by atoms with Crippen LogP contribution in [0.5, 0.6) is 0 Å². The van der Waals surface area contributed by atoms with Gasteiger partial charge >= 0.3 is 0 Å². The Kier molecular flexibility index (Phi) is 25.5. The molecule has 9 fully saturated rings. The number of fused-ring (bicyclic) bond motifs is 5. The van der Waals surface area contributed by atoms with Crippen molar-refractivity contribution in [2.24, 2.45) is 45.3 Å². The van der Waals surface area contributed by atoms with E-state index < -0.39 is 264 Å². The second-order valence-electron chi connectivity index (χ2n) is 31.5. The molecular weight excluding hydrogens is 1340 g/mol. The summed E-state index contributed by atoms with van der Waals surface area (Å²) < 4.78 is 71.4. The molecule has 0 radical (unpaired) electrons. The lowest BCUT2D eigenvalue weighted by Crippen LogP contribution is -2.65. The Bertz CT molecular complexity index is 2670. The van der Waals surface area contributed by atoms with Crippen LogP contribution in [-0.4, -0.2) is 360 Å². The van der Waals surface area contributed by atoms with Gasteiger partial charge in [0, 0.05) is 10.8 Å². The highest BCUT2D eigenvalue weighted by molar-refractivity contribution is 5.32. The van der Waals surface area contributed by atoms with Crippen LogP contribution in [0.1, 0.15) is 107 Å². The molecule has 6 saturated heterocycles. The topological polar surface area (TPSA) is 556 Å². The third-order valence-electron chi connectivity index (χ3n) is 25.0. The molecule has 6 aliphatic heterocycles. The molecule has 34 nitrogen and oxygen atoms in total. The molecule has 10 rings (SSSR count). The molecule has 10 aliphatic rings. The molecule has 0 spiro atoms. The first-order valence-electron chi connectivity index (χ1n) is 35.1. The Morgan fingerprint density at radius 1 is 0.460 bits per heavy atom. The third kappa shape index (κ3) is 14.8. The molecule has 22 N–H and O–H groups in total. The van der Waals surface area contributed by atoms with Gasteiger partial charge in [-0.1, -0.05) is 53.2 Å². The van der Waals surface area contributed by atoms with Crippen molar-refractivity contribution in [3.05, 3.63) is 11.6 Å². The lowest BCUT2D eigenvalue weighted by molar-refractivity contribution is -0.380. The van der Waals surface area contributed by atoms with Crippen LogP contribution < -0.4 is 0 Å². The number of ether oxygens (including phenoxy) is 12. The summed E-state index contributed by atoms with van der Waals surface area (Å²) in [6, 6.07) is 0. The fraction of sp³-hybridized carbons (Fsp3) is 0.970. The van der Waals surface area contributed by atoms with Crippen molar-refractivity contribution >= 4 is 0 Å². The maximum absolute atomic E-state index is 12.9. The summed E-state index contributed by atoms with van der Waals surface area (Å²) in [5.41, 5.74) is -2.78. The number of rotatable bonds is 23. The largest absolute Gasteiger partial charge is 0.394 e. The monoisotopic (exact) mass is 1450 g/mol. The van der Waals surface area contributed by atoms with Gasteiger partial charge < -0.3 is 169 Å². The van der Waals surface area contributed by atoms with Gasteiger partial charge in [-0.2, -0.15) is 0 Å². The number of aliphatic hydroxyl groups excluding tert-OH is 21. The van der Waals surface area contributed by atoms with Crippen molar-refractivity contribution < 1.29 is 169 Å². The Labute approximate surface area is 579 Å². The Hall–Kier alpha value is -1.62. The summed E-state index contributed by atoms with van der Waals surface area (Å²) in [6.45, 7) is 11.3. The summed E-state index contributed by atoms with van der Waals surface area (Å²) in [4.78, 5) is 0. The molecular formula is C66H112O34. The first-order chi connectivity index (χ1) is 46.9. The van der Waals surface area contributed by atoms with Gasteiger partial charge in [-0.3, -0.25) is 0 Å². The standard InChI is InChI=1S/C66H112O34/c1-24(9-13-37(63(4,5)88)98-61-55(100-59-53(87)46(80)40(74)30(20-69)93-59)49(83)43(77)33(96-61)22-89-56-50(84)44(78)38(72)28(18-67)91-56)25-15-16-64(6)34-12-10-26-27(66(34,8)35(71)17-65(25,64)7)11-14-36(62(26,2)3)97-57-51(85)47(81)42(76)32(95-57)23-90-60-54(48(82)41(75)31(21-70)94-60)99-58-52(86)45(79)39(73)29(19-68)92-58/h10,24-25,27-61,67-88H,9,11-23H2,1-8H3/t24-,25-,27-,28-,29-,30-,31-,32-,33-,34-,35-,36+,37-,38+,39-,40-,41-,42-,43-,44+,45+,46+,47+,48+,49+,50-,51-,52-,53-,54-,55-,56+,57+,58?,59+,60-,61+,64+,65-,66+/m1/s1. The molecule has 3 saturated carbocycles. The minimum atomic E-state index is -1.98. The zero-order chi connectivity index (χ0) is 73.5. The van der Waals surface area contributed by atoms with Crippen LogP contribution in [0.4, 0.5) is 0 Å². The van der Waals surface area contributed by atoms with E-state index in [2.05, 4.69) is 33.8 Å². The maximum atomic E-state index is 12.9. The summed E-state index contributed by atoms with van der Waals surface area (Å²) in [7, 11) is 0. The van der Waals surface area contributed by atoms with E-state index in [1.165, 1.54) is 13.8 Å². The van der Waals surface area contributed by atoms with Crippen LogP contribution in [0.25, 0.3) is 0 Å². The van der Waals surface area contributed by atoms with Gasteiger partial charge in [-0.25, -0.2) is 0 Å². The summed E-state index contributed by atoms with van der Waals surface area (Å²) in [5, 5.41) is 239. The van der Waals surface area contributed by atoms with Crippen molar-refractivity contribution in [2.45, 2.75) is 315 Å². The van der Waals surface area contributed by atoms with Crippen molar-refractivity contribution in [1.29, 1.82) is 0 Å². The summed E-state index contributed by atoms with van der Waals surface area (Å²) >= 11 is 0. The van der Waals surface area contributed by atoms with Crippen LogP contribution in [0.2, 0.25) is 0 Å². The van der Waals surface area contributed by atoms with Crippen LogP contribution in [0.3, 0.4) is 0 Å². The quantitative estimate of drug-likeness (QED) is 0.0423. The number of hydrogen-bond acceptors (Lipinski definition) is 34. The predicted octanol–water partition coefficient (Wildman–Crippen LogP) is -7.58. The van der Waals surface area contributed by atoms with E-state index in [4.69, 9.17) is 56.8 Å². The molecule has 0 aromatic heterocycles. The number of hydrogen-bond donors (Lipinski definition) is 22. The average Bonchev–Trinajstić information content (AvgIpc) is 1.45. The summed E-state index contributed by atoms with van der Waals surface area (Å²) in [6.07, 6.45) is -48.3. The van der Waals surface area contributed by atoms with E-state index in [1.54, 1.807) is 0 Å². The van der Waals surface area contributed by atoms with E-state index in [1.807, 2.05) is 13.8 Å². The highest BCUT2D eigenvalue weighted by Gasteiger charge is 2.71. The molecule has 34 heteroatoms. The van der Waals surface area contributed by atoms with Gasteiger partial charge in [0.25, 0.3) is 0 Å². The van der Waals surface area contributed by atoms with Crippen molar-refractivity contribution in [3.8, 4) is 0 Å². The predicted molar refractivity (Wildman–Crippen MR) is 333 cm³/mol. The zero-order valence-corrected chi connectivity index (χ0v) is 57.6. The molecule has 40 atom stereocenters. The molecule has 0 aromatic rings. The molecule has 0 bridgehead atoms. The zero-order valence-electron chi connectivity index (χ0n) is 57.6. The third-order valence-corrected chi connectivity index (χ3v) is 25.0. The van der Waals surface area contributed by atoms with E-state index in [0.29, 0.717) is 32.1 Å². The SMILES string of the molecule is C[C@H](CC[C@@H](O[C@@H]1O[C@H](CO[C@H]2O[C@H](CO)[C@H](O)[C@H](O)[C@H]2O)[C@@H](O)[C@H](O)[C@H]1O[C@@H]1O[C@H](CO)[C@@H](O)[C@H](O)[C@H]1O)C(C)(C)O)[C@H]1CC[C@@]2(C)[C@H]3CC=C4[C@@H](CC[C@H](O[C@@H]5O[C@H](CO[C@@H]6O[C@H](CO)[C@@H](O)[C@H](O)[C@H]6OC6O[C@H](CO)[C@@H](O)[C@H](O)[C@H]6O)[C@@H](O)[C@H](O)[C@H]5O)C4(C)C)[C@]3(C)[C@H](O)C[C@]12C. The Morgan fingerprint density at radius 3 is 1.35 bits per heavy atom. The fourth-order valence-electron chi connectivity index (χ4n) is 18.5. The van der Waals surface area contributed by atoms with Gasteiger partial charge in [-0.15, -0.1) is 0 Å². The van der Waals surface area contributed by atoms with Crippen molar-refractivity contribution in [1.82, 2.24) is 0 Å². The van der Waals surface area contributed by atoms with Crippen LogP contribution in [-0.2, 0) is 56.8 Å². The maximum Gasteiger partial charge on any atom is 0.187 e. The first kappa shape index (κ1) is 80.9. The van der Waals surface area contributed by atoms with Crippen molar-refractivity contribution in [3.63, 3.8) is 0 Å². The van der Waals surface area contributed by atoms with Crippen LogP contribution in [0.15, 0.2) is 11.6 Å². The number of allylic oxidation sites excluding steroid dienone is 1. The Balaban J connectivity index is 0.812. The molecule has 0 amide bonds. The lowest BCUT2D eigenvalue weighted by atomic mass is 9.38. The Morgan fingerprint density at radius 2 is 0.860 bits per heavy atom. The van der Waals surface area contributed by atoms with Crippen LogP contribution >= 0.6 is 0 Å². The first-order valence-corrected chi connectivity index (χ1v) is 35.1. The van der Waals surface area contributed by atoms with Crippen molar-refractivity contribution in [2.75, 3.05) is 39.6 Å². The fourth-order valence-corrected chi connectivity index (χ4v) is 18.5. The molecule has 4 aliphatic carbocycles. The van der Waals surface area contributed by atoms with Gasteiger partial charge in [0.1, 0.15) is 146 Å². The van der Waals surface area contributed by atoms with Gasteiger partial charge in [-0.05, 0) is 99.7 Å². The second-order valence-corrected chi connectivity index (χ2v) is 31.5. The van der Waals surface area contributed by atoms with E-state index in [0.717, 1.165) is 18.4 Å². The minimum Gasteiger partial charge on any atom is -0.394 e. The van der Waals surface area contributed by atoms with E-state index in [9.17, 15) is 112 Å². The average molecular weight is 1450 g/mol. The van der Waals surface area contributed by atoms with Gasteiger partial charge in [0.05, 0.1) is 63.6 Å². The molecule has 6 heterocycles. The minimum absolute atomic E-state index is 0.0165. The highest BCUT2D eigenvalue weighted by atomic mass is 16.8. The number of aliphatic hydroxyl groups is 22. The summed E-state index contributed by atoms with van der Waals surface area (Å²) in [5.74, 6) is -0.192. The molecule has 1 unspecified atom stereocenters. The van der Waals surface area contributed by atoms with Crippen LogP contribution in [0, 0.1) is 45.3 Å². The van der Waals surface area contributed by atoms with Gasteiger partial charge in [0.15, 0.2) is 37.7 Å². The van der Waals surface area contributed by atoms with E-state index in [-0.39, 0.29) is 35.5 Å². The lowest BCUT2D eigenvalue weighted by Gasteiger charge is -2.67. The molecule has 580 valence electrons. The highest BCUT2D eigenvalue weighted by Crippen LogP contribution is 2.75. The molecule has 100 heavy (non-hydrogen) atoms. The van der Waals surface area contributed by atoms with E-state index >= 15 is 0 Å². The van der Waals surface area contributed by atoms with Gasteiger partial charge in [0.2, 0.25) is 0 Å². The smallest absolute Gasteiger partial charge is 0.187 e. The molecule has 0 aromatic carbocycles.